The van der Waals surface area contributed by atoms with Gasteiger partial charge in [-0.3, -0.25) is 0 Å². The highest BCUT2D eigenvalue weighted by atomic mass is 79.9. The first-order valence-corrected chi connectivity index (χ1v) is 6.26. The van der Waals surface area contributed by atoms with Crippen LogP contribution < -0.4 is 4.74 Å². The van der Waals surface area contributed by atoms with Crippen LogP contribution in [-0.4, -0.2) is 5.11 Å². The molecule has 2 rings (SSSR count). The van der Waals surface area contributed by atoms with Gasteiger partial charge in [-0.1, -0.05) is 12.1 Å². The summed E-state index contributed by atoms with van der Waals surface area (Å²) in [5.74, 6) is 0.859. The van der Waals surface area contributed by atoms with E-state index in [-0.39, 0.29) is 5.82 Å². The Kier molecular flexibility index (Phi) is 3.99. The molecule has 4 heteroatoms. The molecule has 0 amide bonds. The van der Waals surface area contributed by atoms with E-state index in [0.717, 1.165) is 5.56 Å². The van der Waals surface area contributed by atoms with Gasteiger partial charge in [0, 0.05) is 0 Å². The highest BCUT2D eigenvalue weighted by molar-refractivity contribution is 9.10. The van der Waals surface area contributed by atoms with E-state index in [1.54, 1.807) is 43.3 Å². The van der Waals surface area contributed by atoms with Crippen molar-refractivity contribution in [3.63, 3.8) is 0 Å². The van der Waals surface area contributed by atoms with E-state index in [9.17, 15) is 9.50 Å². The molecule has 0 radical (unpaired) electrons. The van der Waals surface area contributed by atoms with Gasteiger partial charge in [0.2, 0.25) is 0 Å². The Morgan fingerprint density at radius 1 is 1.11 bits per heavy atom. The predicted molar refractivity (Wildman–Crippen MR) is 71.2 cm³/mol. The number of halogens is 2. The first kappa shape index (κ1) is 13.1. The average molecular weight is 311 g/mol. The second kappa shape index (κ2) is 5.50. The van der Waals surface area contributed by atoms with Crippen LogP contribution in [0.4, 0.5) is 4.39 Å². The molecule has 0 aliphatic carbocycles. The maximum Gasteiger partial charge on any atom is 0.137 e. The number of benzene rings is 2. The fourth-order valence-corrected chi connectivity index (χ4v) is 1.85. The molecule has 2 aromatic carbocycles. The van der Waals surface area contributed by atoms with Crippen LogP contribution in [0, 0.1) is 5.82 Å². The molecule has 0 aromatic heterocycles. The average Bonchev–Trinajstić information content (AvgIpc) is 2.34. The van der Waals surface area contributed by atoms with E-state index in [4.69, 9.17) is 4.74 Å². The number of hydrogen-bond acceptors (Lipinski definition) is 2. The molecule has 0 heterocycles. The van der Waals surface area contributed by atoms with Crippen LogP contribution in [0.3, 0.4) is 0 Å². The number of aliphatic hydroxyl groups excluding tert-OH is 1. The van der Waals surface area contributed by atoms with Crippen molar-refractivity contribution in [1.29, 1.82) is 0 Å². The van der Waals surface area contributed by atoms with Crippen LogP contribution in [0.25, 0.3) is 0 Å². The largest absolute Gasteiger partial charge is 0.457 e. The smallest absolute Gasteiger partial charge is 0.137 e. The van der Waals surface area contributed by atoms with Crippen LogP contribution in [0.2, 0.25) is 0 Å². The molecule has 0 bridgehead atoms. The van der Waals surface area contributed by atoms with E-state index >= 15 is 0 Å². The van der Waals surface area contributed by atoms with Gasteiger partial charge in [0.05, 0.1) is 10.6 Å². The van der Waals surface area contributed by atoms with Crippen molar-refractivity contribution >= 4 is 15.9 Å². The molecule has 2 aromatic rings. The summed E-state index contributed by atoms with van der Waals surface area (Å²) in [4.78, 5) is 0. The minimum Gasteiger partial charge on any atom is -0.457 e. The lowest BCUT2D eigenvalue weighted by molar-refractivity contribution is 0.199. The van der Waals surface area contributed by atoms with Crippen molar-refractivity contribution in [2.24, 2.45) is 0 Å². The third kappa shape index (κ3) is 3.09. The van der Waals surface area contributed by atoms with E-state index in [2.05, 4.69) is 15.9 Å². The normalized spacial score (nSPS) is 12.2. The number of rotatable bonds is 3. The van der Waals surface area contributed by atoms with Crippen molar-refractivity contribution in [2.45, 2.75) is 13.0 Å². The SMILES string of the molecule is C[C@H](O)c1ccc(Oc2ccc(F)c(Br)c2)cc1. The third-order valence-electron chi connectivity index (χ3n) is 2.49. The molecule has 94 valence electrons. The zero-order chi connectivity index (χ0) is 13.1. The van der Waals surface area contributed by atoms with Gasteiger partial charge in [-0.05, 0) is 58.7 Å². The summed E-state index contributed by atoms with van der Waals surface area (Å²) in [6, 6.07) is 11.6. The topological polar surface area (TPSA) is 29.5 Å². The molecule has 0 fully saturated rings. The molecule has 0 saturated heterocycles. The van der Waals surface area contributed by atoms with Crippen molar-refractivity contribution < 1.29 is 14.2 Å². The molecular weight excluding hydrogens is 299 g/mol. The molecule has 0 saturated carbocycles. The third-order valence-corrected chi connectivity index (χ3v) is 3.10. The molecular formula is C14H12BrFO2. The van der Waals surface area contributed by atoms with E-state index < -0.39 is 6.10 Å². The zero-order valence-electron chi connectivity index (χ0n) is 9.73. The molecule has 2 nitrogen and oxygen atoms in total. The van der Waals surface area contributed by atoms with E-state index in [0.29, 0.717) is 16.0 Å². The first-order valence-electron chi connectivity index (χ1n) is 5.47. The van der Waals surface area contributed by atoms with Crippen LogP contribution in [0.5, 0.6) is 11.5 Å². The number of hydrogen-bond donors (Lipinski definition) is 1. The lowest BCUT2D eigenvalue weighted by Gasteiger charge is -2.08. The van der Waals surface area contributed by atoms with Crippen molar-refractivity contribution in [3.05, 3.63) is 58.3 Å². The van der Waals surface area contributed by atoms with Crippen LogP contribution in [-0.2, 0) is 0 Å². The van der Waals surface area contributed by atoms with Gasteiger partial charge >= 0.3 is 0 Å². The van der Waals surface area contributed by atoms with Crippen LogP contribution in [0.1, 0.15) is 18.6 Å². The summed E-state index contributed by atoms with van der Waals surface area (Å²) in [5, 5.41) is 9.38. The molecule has 18 heavy (non-hydrogen) atoms. The first-order chi connectivity index (χ1) is 8.56. The summed E-state index contributed by atoms with van der Waals surface area (Å²) >= 11 is 3.10. The lowest BCUT2D eigenvalue weighted by atomic mass is 10.1. The maximum absolute atomic E-state index is 13.0. The maximum atomic E-state index is 13.0. The fourth-order valence-electron chi connectivity index (χ4n) is 1.49. The van der Waals surface area contributed by atoms with Crippen molar-refractivity contribution in [3.8, 4) is 11.5 Å². The van der Waals surface area contributed by atoms with Crippen LogP contribution >= 0.6 is 15.9 Å². The summed E-state index contributed by atoms with van der Waals surface area (Å²) in [6.07, 6.45) is -0.501. The number of ether oxygens (including phenoxy) is 1. The summed E-state index contributed by atoms with van der Waals surface area (Å²) in [7, 11) is 0. The summed E-state index contributed by atoms with van der Waals surface area (Å²) in [5.41, 5.74) is 0.822. The molecule has 1 N–H and O–H groups in total. The second-order valence-electron chi connectivity index (χ2n) is 3.92. The summed E-state index contributed by atoms with van der Waals surface area (Å²) < 4.78 is 19.0. The van der Waals surface area contributed by atoms with Gasteiger partial charge in [-0.2, -0.15) is 0 Å². The molecule has 0 aliphatic rings. The highest BCUT2D eigenvalue weighted by Gasteiger charge is 2.04. The van der Waals surface area contributed by atoms with E-state index in [1.807, 2.05) is 0 Å². The minimum atomic E-state index is -0.501. The Bertz CT molecular complexity index is 538. The predicted octanol–water partition coefficient (Wildman–Crippen LogP) is 4.43. The monoisotopic (exact) mass is 310 g/mol. The minimum absolute atomic E-state index is 0.327. The quantitative estimate of drug-likeness (QED) is 0.908. The Balaban J connectivity index is 2.15. The molecule has 0 unspecified atom stereocenters. The zero-order valence-corrected chi connectivity index (χ0v) is 11.3. The number of aliphatic hydroxyl groups is 1. The van der Waals surface area contributed by atoms with Gasteiger partial charge in [0.15, 0.2) is 0 Å². The highest BCUT2D eigenvalue weighted by Crippen LogP contribution is 2.27. The van der Waals surface area contributed by atoms with Gasteiger partial charge in [0.1, 0.15) is 17.3 Å². The fraction of sp³-hybridized carbons (Fsp3) is 0.143. The van der Waals surface area contributed by atoms with Gasteiger partial charge in [-0.15, -0.1) is 0 Å². The van der Waals surface area contributed by atoms with Crippen molar-refractivity contribution in [2.75, 3.05) is 0 Å². The Morgan fingerprint density at radius 2 is 1.72 bits per heavy atom. The Labute approximate surface area is 113 Å². The van der Waals surface area contributed by atoms with Crippen molar-refractivity contribution in [1.82, 2.24) is 0 Å². The van der Waals surface area contributed by atoms with Crippen LogP contribution in [0.15, 0.2) is 46.9 Å². The van der Waals surface area contributed by atoms with Gasteiger partial charge in [-0.25, -0.2) is 4.39 Å². The Morgan fingerprint density at radius 3 is 2.28 bits per heavy atom. The lowest BCUT2D eigenvalue weighted by Crippen LogP contribution is -1.91. The second-order valence-corrected chi connectivity index (χ2v) is 4.78. The molecule has 1 atom stereocenters. The standard InChI is InChI=1S/C14H12BrFO2/c1-9(17)10-2-4-11(5-3-10)18-12-6-7-14(16)13(15)8-12/h2-9,17H,1H3/t9-/m0/s1. The summed E-state index contributed by atoms with van der Waals surface area (Å²) in [6.45, 7) is 1.70. The van der Waals surface area contributed by atoms with Gasteiger partial charge in [0.25, 0.3) is 0 Å². The molecule has 0 spiro atoms. The van der Waals surface area contributed by atoms with Gasteiger partial charge < -0.3 is 9.84 Å². The Hall–Kier alpha value is -1.39. The van der Waals surface area contributed by atoms with E-state index in [1.165, 1.54) is 6.07 Å². The molecule has 0 aliphatic heterocycles.